The molecule has 1 aromatic rings. The first kappa shape index (κ1) is 11.8. The van der Waals surface area contributed by atoms with Gasteiger partial charge < -0.3 is 4.74 Å². The highest BCUT2D eigenvalue weighted by atomic mass is 35.5. The Bertz CT molecular complexity index is 510. The van der Waals surface area contributed by atoms with E-state index in [-0.39, 0.29) is 5.92 Å². The van der Waals surface area contributed by atoms with Crippen LogP contribution in [0.15, 0.2) is 36.0 Å². The fourth-order valence-corrected chi connectivity index (χ4v) is 2.30. The quantitative estimate of drug-likeness (QED) is 0.337. The van der Waals surface area contributed by atoms with E-state index in [1.54, 1.807) is 12.1 Å². The van der Waals surface area contributed by atoms with Gasteiger partial charge in [0.25, 0.3) is 0 Å². The maximum Gasteiger partial charge on any atom is 0.123 e. The number of hydrogen-bond acceptors (Lipinski definition) is 2. The van der Waals surface area contributed by atoms with Crippen molar-refractivity contribution in [2.45, 2.75) is 18.4 Å². The minimum atomic E-state index is -0.659. The Morgan fingerprint density at radius 2 is 2.47 bits per heavy atom. The third-order valence-corrected chi connectivity index (χ3v) is 3.24. The molecule has 4 nitrogen and oxygen atoms in total. The van der Waals surface area contributed by atoms with E-state index < -0.39 is 5.54 Å². The Balaban J connectivity index is 2.56. The van der Waals surface area contributed by atoms with E-state index in [1.807, 2.05) is 19.1 Å². The van der Waals surface area contributed by atoms with Crippen molar-refractivity contribution in [2.75, 3.05) is 6.61 Å². The highest BCUT2D eigenvalue weighted by Crippen LogP contribution is 2.43. The Morgan fingerprint density at radius 3 is 3.12 bits per heavy atom. The number of rotatable bonds is 2. The summed E-state index contributed by atoms with van der Waals surface area (Å²) in [5.41, 5.74) is 8.89. The molecule has 0 amide bonds. The normalized spacial score (nSPS) is 26.4. The van der Waals surface area contributed by atoms with E-state index in [1.165, 1.54) is 0 Å². The summed E-state index contributed by atoms with van der Waals surface area (Å²) in [6, 6.07) is 5.42. The first-order chi connectivity index (χ1) is 8.10. The summed E-state index contributed by atoms with van der Waals surface area (Å²) < 4.78 is 5.61. The van der Waals surface area contributed by atoms with E-state index >= 15 is 0 Å². The van der Waals surface area contributed by atoms with Crippen LogP contribution in [0.2, 0.25) is 5.02 Å². The number of fused-ring (bicyclic) bond motifs is 1. The lowest BCUT2D eigenvalue weighted by Crippen LogP contribution is -2.39. The molecule has 0 aliphatic carbocycles. The third kappa shape index (κ3) is 1.97. The second-order valence-electron chi connectivity index (χ2n) is 4.23. The highest BCUT2D eigenvalue weighted by Gasteiger charge is 2.39. The Morgan fingerprint density at radius 1 is 1.71 bits per heavy atom. The number of azide groups is 1. The monoisotopic (exact) mass is 249 g/mol. The van der Waals surface area contributed by atoms with E-state index in [4.69, 9.17) is 21.9 Å². The standard InChI is InChI=1S/C12H12ClN3O/c1-3-10-9-6-8(13)4-5-11(9)17-7-12(10,2)15-16-14/h3-6,10H,1,7H2,2H3/t10-,12+/m0/s1. The summed E-state index contributed by atoms with van der Waals surface area (Å²) in [5.74, 6) is 0.672. The summed E-state index contributed by atoms with van der Waals surface area (Å²) in [6.45, 7) is 5.99. The number of ether oxygens (including phenoxy) is 1. The maximum absolute atomic E-state index is 8.64. The van der Waals surface area contributed by atoms with Gasteiger partial charge >= 0.3 is 0 Å². The van der Waals surface area contributed by atoms with E-state index in [9.17, 15) is 0 Å². The summed E-state index contributed by atoms with van der Waals surface area (Å²) in [6.07, 6.45) is 1.77. The fourth-order valence-electron chi connectivity index (χ4n) is 2.12. The molecule has 2 atom stereocenters. The lowest BCUT2D eigenvalue weighted by molar-refractivity contribution is 0.189. The smallest absolute Gasteiger partial charge is 0.123 e. The second kappa shape index (κ2) is 4.32. The van der Waals surface area contributed by atoms with Gasteiger partial charge in [-0.25, -0.2) is 0 Å². The fraction of sp³-hybridized carbons (Fsp3) is 0.333. The summed E-state index contributed by atoms with van der Waals surface area (Å²) in [7, 11) is 0. The van der Waals surface area contributed by atoms with E-state index in [2.05, 4.69) is 16.6 Å². The van der Waals surface area contributed by atoms with Crippen molar-refractivity contribution in [3.8, 4) is 5.75 Å². The molecule has 2 rings (SSSR count). The van der Waals surface area contributed by atoms with Crippen molar-refractivity contribution in [3.63, 3.8) is 0 Å². The van der Waals surface area contributed by atoms with Crippen molar-refractivity contribution in [1.29, 1.82) is 0 Å². The minimum absolute atomic E-state index is 0.0964. The Labute approximate surface area is 104 Å². The molecule has 0 spiro atoms. The molecule has 1 aliphatic rings. The zero-order valence-corrected chi connectivity index (χ0v) is 10.2. The molecule has 5 heteroatoms. The van der Waals surface area contributed by atoms with Gasteiger partial charge in [0.2, 0.25) is 0 Å². The van der Waals surface area contributed by atoms with Crippen LogP contribution in [0.5, 0.6) is 5.75 Å². The number of hydrogen-bond donors (Lipinski definition) is 0. The molecule has 1 aliphatic heterocycles. The summed E-state index contributed by atoms with van der Waals surface area (Å²) >= 11 is 5.98. The second-order valence-corrected chi connectivity index (χ2v) is 4.67. The van der Waals surface area contributed by atoms with Gasteiger partial charge in [-0.05, 0) is 30.7 Å². The van der Waals surface area contributed by atoms with Crippen LogP contribution in [-0.2, 0) is 0 Å². The lowest BCUT2D eigenvalue weighted by Gasteiger charge is -2.37. The van der Waals surface area contributed by atoms with Gasteiger partial charge in [0.1, 0.15) is 12.4 Å². The van der Waals surface area contributed by atoms with Crippen molar-refractivity contribution in [2.24, 2.45) is 5.11 Å². The molecule has 0 radical (unpaired) electrons. The van der Waals surface area contributed by atoms with Gasteiger partial charge in [-0.3, -0.25) is 0 Å². The van der Waals surface area contributed by atoms with Gasteiger partial charge in [-0.2, -0.15) is 0 Å². The average Bonchev–Trinajstić information content (AvgIpc) is 2.29. The largest absolute Gasteiger partial charge is 0.493 e. The SMILES string of the molecule is C=C[C@H]1c2cc(Cl)ccc2OC[C@@]1(C)N=[N+]=[N-]. The molecule has 0 aromatic heterocycles. The zero-order valence-electron chi connectivity index (χ0n) is 9.43. The molecule has 17 heavy (non-hydrogen) atoms. The lowest BCUT2D eigenvalue weighted by atomic mass is 9.79. The van der Waals surface area contributed by atoms with Crippen LogP contribution in [0.4, 0.5) is 0 Å². The molecule has 0 bridgehead atoms. The molecule has 0 fully saturated rings. The first-order valence-corrected chi connectivity index (χ1v) is 5.59. The average molecular weight is 250 g/mol. The number of benzene rings is 1. The van der Waals surface area contributed by atoms with Crippen LogP contribution in [0.3, 0.4) is 0 Å². The number of nitrogens with zero attached hydrogens (tertiary/aromatic N) is 3. The van der Waals surface area contributed by atoms with Gasteiger partial charge in [0, 0.05) is 21.4 Å². The maximum atomic E-state index is 8.64. The van der Waals surface area contributed by atoms with Crippen molar-refractivity contribution < 1.29 is 4.74 Å². The van der Waals surface area contributed by atoms with Crippen LogP contribution in [0.25, 0.3) is 10.4 Å². The van der Waals surface area contributed by atoms with Crippen LogP contribution >= 0.6 is 11.6 Å². The van der Waals surface area contributed by atoms with Crippen LogP contribution in [0.1, 0.15) is 18.4 Å². The topological polar surface area (TPSA) is 58.0 Å². The van der Waals surface area contributed by atoms with Crippen LogP contribution in [0, 0.1) is 0 Å². The Kier molecular flexibility index (Phi) is 3.01. The molecular weight excluding hydrogens is 238 g/mol. The molecule has 0 N–H and O–H groups in total. The van der Waals surface area contributed by atoms with E-state index in [0.29, 0.717) is 11.6 Å². The highest BCUT2D eigenvalue weighted by molar-refractivity contribution is 6.30. The summed E-state index contributed by atoms with van der Waals surface area (Å²) in [4.78, 5) is 2.89. The molecule has 0 saturated heterocycles. The van der Waals surface area contributed by atoms with Crippen molar-refractivity contribution in [1.82, 2.24) is 0 Å². The van der Waals surface area contributed by atoms with E-state index in [0.717, 1.165) is 11.3 Å². The first-order valence-electron chi connectivity index (χ1n) is 5.22. The molecule has 0 unspecified atom stereocenters. The van der Waals surface area contributed by atoms with Gasteiger partial charge in [0.05, 0.1) is 5.54 Å². The molecular formula is C12H12ClN3O. The minimum Gasteiger partial charge on any atom is -0.493 e. The molecule has 1 aromatic carbocycles. The third-order valence-electron chi connectivity index (χ3n) is 3.01. The van der Waals surface area contributed by atoms with Gasteiger partial charge in [-0.1, -0.05) is 22.8 Å². The predicted octanol–water partition coefficient (Wildman–Crippen LogP) is 4.07. The van der Waals surface area contributed by atoms with Gasteiger partial charge in [-0.15, -0.1) is 6.58 Å². The van der Waals surface area contributed by atoms with Gasteiger partial charge in [0.15, 0.2) is 0 Å². The zero-order chi connectivity index (χ0) is 12.5. The van der Waals surface area contributed by atoms with Crippen LogP contribution in [-0.4, -0.2) is 12.1 Å². The molecule has 0 saturated carbocycles. The molecule has 88 valence electrons. The molecule has 1 heterocycles. The van der Waals surface area contributed by atoms with Crippen LogP contribution < -0.4 is 4.74 Å². The number of halogens is 1. The Hall–Kier alpha value is -1.64. The summed E-state index contributed by atoms with van der Waals surface area (Å²) in [5, 5.41) is 4.47. The predicted molar refractivity (Wildman–Crippen MR) is 67.4 cm³/mol. The van der Waals surface area contributed by atoms with Crippen molar-refractivity contribution in [3.05, 3.63) is 51.9 Å². The van der Waals surface area contributed by atoms with Crippen molar-refractivity contribution >= 4 is 11.6 Å².